The van der Waals surface area contributed by atoms with Crippen molar-refractivity contribution >= 4 is 17.7 Å². The Balaban J connectivity index is 3.10. The lowest BCUT2D eigenvalue weighted by atomic mass is 10.5. The van der Waals surface area contributed by atoms with E-state index in [4.69, 9.17) is 10.2 Å². The first-order valence-electron chi connectivity index (χ1n) is 2.85. The summed E-state index contributed by atoms with van der Waals surface area (Å²) in [6, 6.07) is 0. The molecule has 0 saturated carbocycles. The van der Waals surface area contributed by atoms with Crippen LogP contribution in [0.5, 0.6) is 0 Å². The largest absolute Gasteiger partial charge is 0.478 e. The van der Waals surface area contributed by atoms with Crippen molar-refractivity contribution in [1.29, 1.82) is 0 Å². The summed E-state index contributed by atoms with van der Waals surface area (Å²) in [5.74, 6) is 0.376. The van der Waals surface area contributed by atoms with Gasteiger partial charge in [0.25, 0.3) is 0 Å². The average Bonchev–Trinajstić information content (AvgIpc) is 1.87. The van der Waals surface area contributed by atoms with E-state index in [2.05, 4.69) is 0 Å². The van der Waals surface area contributed by atoms with Crippen LogP contribution in [0.15, 0.2) is 12.2 Å². The molecule has 0 rings (SSSR count). The molecule has 3 nitrogen and oxygen atoms in total. The molecule has 0 amide bonds. The minimum absolute atomic E-state index is 0.144. The molecule has 0 spiro atoms. The molecular formula is C6H10O3S. The van der Waals surface area contributed by atoms with Gasteiger partial charge in [-0.1, -0.05) is 6.08 Å². The Bertz CT molecular complexity index is 122. The Morgan fingerprint density at radius 2 is 2.30 bits per heavy atom. The standard InChI is InChI=1S/C6H10O3S/c7-3-5-10-4-1-2-6(8)9/h1-2,7H,3-5H2,(H,8,9)/b2-1+. The van der Waals surface area contributed by atoms with Gasteiger partial charge in [0.1, 0.15) is 0 Å². The van der Waals surface area contributed by atoms with Crippen molar-refractivity contribution in [3.63, 3.8) is 0 Å². The van der Waals surface area contributed by atoms with E-state index in [0.717, 1.165) is 6.08 Å². The first kappa shape index (κ1) is 9.52. The highest BCUT2D eigenvalue weighted by molar-refractivity contribution is 7.99. The van der Waals surface area contributed by atoms with Crippen molar-refractivity contribution in [3.8, 4) is 0 Å². The molecule has 0 unspecified atom stereocenters. The predicted molar refractivity (Wildman–Crippen MR) is 41.2 cm³/mol. The molecule has 0 radical (unpaired) electrons. The third-order valence-electron chi connectivity index (χ3n) is 0.710. The van der Waals surface area contributed by atoms with Crippen LogP contribution < -0.4 is 0 Å². The molecule has 0 fully saturated rings. The fraction of sp³-hybridized carbons (Fsp3) is 0.500. The molecule has 0 aliphatic carbocycles. The number of hydrogen-bond donors (Lipinski definition) is 2. The van der Waals surface area contributed by atoms with Gasteiger partial charge in [0.05, 0.1) is 6.61 Å². The summed E-state index contributed by atoms with van der Waals surface area (Å²) in [5.41, 5.74) is 0. The Labute approximate surface area is 63.7 Å². The van der Waals surface area contributed by atoms with Crippen LogP contribution in [0.3, 0.4) is 0 Å². The van der Waals surface area contributed by atoms with Crippen molar-refractivity contribution < 1.29 is 15.0 Å². The number of carbonyl (C=O) groups is 1. The van der Waals surface area contributed by atoms with Crippen molar-refractivity contribution in [1.82, 2.24) is 0 Å². The fourth-order valence-electron chi connectivity index (χ4n) is 0.365. The zero-order valence-corrected chi connectivity index (χ0v) is 6.30. The summed E-state index contributed by atoms with van der Waals surface area (Å²) in [6.07, 6.45) is 2.66. The van der Waals surface area contributed by atoms with Crippen molar-refractivity contribution in [2.75, 3.05) is 18.1 Å². The molecule has 0 saturated heterocycles. The second-order valence-corrected chi connectivity index (χ2v) is 2.69. The van der Waals surface area contributed by atoms with Crippen LogP contribution in [0.25, 0.3) is 0 Å². The quantitative estimate of drug-likeness (QED) is 0.452. The monoisotopic (exact) mass is 162 g/mol. The van der Waals surface area contributed by atoms with Crippen LogP contribution in [-0.4, -0.2) is 34.3 Å². The number of aliphatic hydroxyl groups excluding tert-OH is 1. The zero-order chi connectivity index (χ0) is 7.82. The number of carboxylic acids is 1. The number of aliphatic carboxylic acids is 1. The van der Waals surface area contributed by atoms with Crippen LogP contribution in [0.4, 0.5) is 0 Å². The lowest BCUT2D eigenvalue weighted by Crippen LogP contribution is -1.88. The molecule has 0 aromatic carbocycles. The van der Waals surface area contributed by atoms with Gasteiger partial charge in [-0.05, 0) is 0 Å². The normalized spacial score (nSPS) is 10.5. The molecule has 0 aliphatic rings. The Morgan fingerprint density at radius 3 is 2.80 bits per heavy atom. The minimum atomic E-state index is -0.926. The average molecular weight is 162 g/mol. The van der Waals surface area contributed by atoms with Gasteiger partial charge in [-0.25, -0.2) is 4.79 Å². The third kappa shape index (κ3) is 7.52. The minimum Gasteiger partial charge on any atom is -0.478 e. The van der Waals surface area contributed by atoms with Crippen LogP contribution in [0, 0.1) is 0 Å². The third-order valence-corrected chi connectivity index (χ3v) is 1.61. The van der Waals surface area contributed by atoms with Crippen LogP contribution in [0.2, 0.25) is 0 Å². The predicted octanol–water partition coefficient (Wildman–Crippen LogP) is 0.353. The maximum atomic E-state index is 9.89. The number of thioether (sulfide) groups is 1. The number of carboxylic acid groups (broad SMARTS) is 1. The van der Waals surface area contributed by atoms with E-state index in [1.165, 1.54) is 11.8 Å². The van der Waals surface area contributed by atoms with Gasteiger partial charge in [0.15, 0.2) is 0 Å². The van der Waals surface area contributed by atoms with Gasteiger partial charge >= 0.3 is 5.97 Å². The van der Waals surface area contributed by atoms with Gasteiger partial charge in [0.2, 0.25) is 0 Å². The zero-order valence-electron chi connectivity index (χ0n) is 5.49. The Kier molecular flexibility index (Phi) is 6.32. The topological polar surface area (TPSA) is 57.5 Å². The van der Waals surface area contributed by atoms with E-state index in [1.54, 1.807) is 6.08 Å². The van der Waals surface area contributed by atoms with Crippen molar-refractivity contribution in [3.05, 3.63) is 12.2 Å². The van der Waals surface area contributed by atoms with E-state index < -0.39 is 5.97 Å². The van der Waals surface area contributed by atoms with Gasteiger partial charge < -0.3 is 10.2 Å². The molecule has 58 valence electrons. The maximum Gasteiger partial charge on any atom is 0.328 e. The highest BCUT2D eigenvalue weighted by atomic mass is 32.2. The molecule has 2 N–H and O–H groups in total. The smallest absolute Gasteiger partial charge is 0.328 e. The van der Waals surface area contributed by atoms with Crippen LogP contribution >= 0.6 is 11.8 Å². The summed E-state index contributed by atoms with van der Waals surface area (Å²) >= 11 is 1.50. The lowest BCUT2D eigenvalue weighted by Gasteiger charge is -1.89. The summed E-state index contributed by atoms with van der Waals surface area (Å²) in [7, 11) is 0. The maximum absolute atomic E-state index is 9.89. The number of rotatable bonds is 5. The molecular weight excluding hydrogens is 152 g/mol. The summed E-state index contributed by atoms with van der Waals surface area (Å²) in [4.78, 5) is 9.89. The fourth-order valence-corrected chi connectivity index (χ4v) is 0.893. The lowest BCUT2D eigenvalue weighted by molar-refractivity contribution is -0.131. The highest BCUT2D eigenvalue weighted by Crippen LogP contribution is 1.97. The van der Waals surface area contributed by atoms with E-state index >= 15 is 0 Å². The van der Waals surface area contributed by atoms with E-state index in [1.807, 2.05) is 0 Å². The van der Waals surface area contributed by atoms with E-state index in [0.29, 0.717) is 11.5 Å². The van der Waals surface area contributed by atoms with Crippen molar-refractivity contribution in [2.24, 2.45) is 0 Å². The van der Waals surface area contributed by atoms with Gasteiger partial charge in [0, 0.05) is 17.6 Å². The number of aliphatic hydroxyl groups is 1. The number of hydrogen-bond acceptors (Lipinski definition) is 3. The van der Waals surface area contributed by atoms with Gasteiger partial charge in [-0.3, -0.25) is 0 Å². The first-order valence-corrected chi connectivity index (χ1v) is 4.01. The molecule has 0 aliphatic heterocycles. The van der Waals surface area contributed by atoms with Crippen LogP contribution in [0.1, 0.15) is 0 Å². The van der Waals surface area contributed by atoms with E-state index in [9.17, 15) is 4.79 Å². The second-order valence-electron chi connectivity index (χ2n) is 1.54. The van der Waals surface area contributed by atoms with Crippen LogP contribution in [-0.2, 0) is 4.79 Å². The summed E-state index contributed by atoms with van der Waals surface area (Å²) in [5, 5.41) is 16.4. The molecule has 10 heavy (non-hydrogen) atoms. The first-order chi connectivity index (χ1) is 4.77. The van der Waals surface area contributed by atoms with Crippen molar-refractivity contribution in [2.45, 2.75) is 0 Å². The molecule has 0 bridgehead atoms. The second kappa shape index (κ2) is 6.64. The van der Waals surface area contributed by atoms with Gasteiger partial charge in [-0.2, -0.15) is 11.8 Å². The highest BCUT2D eigenvalue weighted by Gasteiger charge is 1.85. The Morgan fingerprint density at radius 1 is 1.60 bits per heavy atom. The summed E-state index contributed by atoms with van der Waals surface area (Å²) < 4.78 is 0. The molecule has 0 aromatic rings. The summed E-state index contributed by atoms with van der Waals surface area (Å²) in [6.45, 7) is 0.144. The molecule has 0 aromatic heterocycles. The Hall–Kier alpha value is -0.480. The molecule has 0 heterocycles. The molecule has 4 heteroatoms. The van der Waals surface area contributed by atoms with E-state index in [-0.39, 0.29) is 6.61 Å². The van der Waals surface area contributed by atoms with Gasteiger partial charge in [-0.15, -0.1) is 0 Å². The SMILES string of the molecule is O=C(O)/C=C/CSCCO. The molecule has 0 atom stereocenters.